The van der Waals surface area contributed by atoms with Crippen LogP contribution in [0.3, 0.4) is 0 Å². The van der Waals surface area contributed by atoms with Gasteiger partial charge < -0.3 is 10.2 Å². The summed E-state index contributed by atoms with van der Waals surface area (Å²) in [4.78, 5) is 2.20. The van der Waals surface area contributed by atoms with Crippen molar-refractivity contribution < 1.29 is 10.2 Å². The van der Waals surface area contributed by atoms with E-state index in [4.69, 9.17) is 10.2 Å². The van der Waals surface area contributed by atoms with Crippen LogP contribution in [0.25, 0.3) is 0 Å². The van der Waals surface area contributed by atoms with Gasteiger partial charge in [-0.1, -0.05) is 17.7 Å². The van der Waals surface area contributed by atoms with E-state index in [2.05, 4.69) is 37.8 Å². The summed E-state index contributed by atoms with van der Waals surface area (Å²) < 4.78 is 0. The van der Waals surface area contributed by atoms with Crippen molar-refractivity contribution in [2.75, 3.05) is 26.3 Å². The van der Waals surface area contributed by atoms with E-state index >= 15 is 0 Å². The lowest BCUT2D eigenvalue weighted by molar-refractivity contribution is 0.174. The van der Waals surface area contributed by atoms with Crippen LogP contribution in [0.2, 0.25) is 0 Å². The molecule has 0 aromatic heterocycles. The number of rotatable bonds is 7. The zero-order valence-electron chi connectivity index (χ0n) is 11.7. The Labute approximate surface area is 110 Å². The van der Waals surface area contributed by atoms with Gasteiger partial charge in [-0.25, -0.2) is 0 Å². The van der Waals surface area contributed by atoms with Gasteiger partial charge >= 0.3 is 0 Å². The van der Waals surface area contributed by atoms with Crippen molar-refractivity contribution >= 4 is 0 Å². The summed E-state index contributed by atoms with van der Waals surface area (Å²) in [6.07, 6.45) is 0.754. The molecule has 0 atom stereocenters. The SMILES string of the molecule is Cc1cc(C)c(CN(CCO)CCCO)c(C)c1. The number of benzene rings is 1. The number of hydrogen-bond acceptors (Lipinski definition) is 3. The summed E-state index contributed by atoms with van der Waals surface area (Å²) in [5, 5.41) is 18.0. The lowest BCUT2D eigenvalue weighted by Gasteiger charge is -2.23. The second-order valence-corrected chi connectivity index (χ2v) is 4.95. The van der Waals surface area contributed by atoms with Crippen molar-refractivity contribution in [2.24, 2.45) is 0 Å². The first-order chi connectivity index (χ1) is 8.58. The molecular formula is C15H25NO2. The Bertz CT molecular complexity index is 354. The van der Waals surface area contributed by atoms with E-state index in [1.165, 1.54) is 22.3 Å². The van der Waals surface area contributed by atoms with Crippen molar-refractivity contribution in [3.05, 3.63) is 34.4 Å². The van der Waals surface area contributed by atoms with Crippen LogP contribution in [0.5, 0.6) is 0 Å². The number of nitrogens with zero attached hydrogens (tertiary/aromatic N) is 1. The smallest absolute Gasteiger partial charge is 0.0558 e. The van der Waals surface area contributed by atoms with E-state index in [1.807, 2.05) is 0 Å². The van der Waals surface area contributed by atoms with Crippen molar-refractivity contribution in [1.29, 1.82) is 0 Å². The summed E-state index contributed by atoms with van der Waals surface area (Å²) in [5.74, 6) is 0. The van der Waals surface area contributed by atoms with Gasteiger partial charge in [0.1, 0.15) is 0 Å². The van der Waals surface area contributed by atoms with Crippen LogP contribution >= 0.6 is 0 Å². The molecule has 0 saturated carbocycles. The van der Waals surface area contributed by atoms with E-state index in [0.717, 1.165) is 19.5 Å². The Morgan fingerprint density at radius 1 is 0.944 bits per heavy atom. The Morgan fingerprint density at radius 2 is 1.56 bits per heavy atom. The topological polar surface area (TPSA) is 43.7 Å². The molecular weight excluding hydrogens is 226 g/mol. The Morgan fingerprint density at radius 3 is 2.06 bits per heavy atom. The zero-order valence-corrected chi connectivity index (χ0v) is 11.7. The highest BCUT2D eigenvalue weighted by molar-refractivity contribution is 5.37. The Balaban J connectivity index is 2.79. The largest absolute Gasteiger partial charge is 0.396 e. The van der Waals surface area contributed by atoms with Gasteiger partial charge in [0.25, 0.3) is 0 Å². The molecule has 0 saturated heterocycles. The highest BCUT2D eigenvalue weighted by Crippen LogP contribution is 2.18. The van der Waals surface area contributed by atoms with Crippen molar-refractivity contribution in [2.45, 2.75) is 33.7 Å². The first-order valence-electron chi connectivity index (χ1n) is 6.59. The maximum Gasteiger partial charge on any atom is 0.0558 e. The molecule has 1 aromatic rings. The number of hydrogen-bond donors (Lipinski definition) is 2. The molecule has 0 unspecified atom stereocenters. The van der Waals surface area contributed by atoms with Gasteiger partial charge in [0.05, 0.1) is 6.61 Å². The van der Waals surface area contributed by atoms with Gasteiger partial charge in [0.15, 0.2) is 0 Å². The van der Waals surface area contributed by atoms with E-state index in [9.17, 15) is 0 Å². The first-order valence-corrected chi connectivity index (χ1v) is 6.59. The molecule has 0 amide bonds. The normalized spacial score (nSPS) is 11.2. The van der Waals surface area contributed by atoms with Crippen LogP contribution in [-0.2, 0) is 6.54 Å². The molecule has 3 heteroatoms. The molecule has 3 nitrogen and oxygen atoms in total. The second kappa shape index (κ2) is 7.52. The van der Waals surface area contributed by atoms with Crippen molar-refractivity contribution in [3.63, 3.8) is 0 Å². The van der Waals surface area contributed by atoms with E-state index in [1.54, 1.807) is 0 Å². The van der Waals surface area contributed by atoms with Gasteiger partial charge in [-0.05, 0) is 43.9 Å². The van der Waals surface area contributed by atoms with Gasteiger partial charge in [0, 0.05) is 26.2 Å². The lowest BCUT2D eigenvalue weighted by atomic mass is 9.99. The minimum absolute atomic E-state index is 0.162. The molecule has 2 N–H and O–H groups in total. The van der Waals surface area contributed by atoms with Crippen LogP contribution in [-0.4, -0.2) is 41.4 Å². The predicted molar refractivity (Wildman–Crippen MR) is 74.7 cm³/mol. The maximum atomic E-state index is 9.09. The predicted octanol–water partition coefficient (Wildman–Crippen LogP) is 1.79. The van der Waals surface area contributed by atoms with E-state index in [0.29, 0.717) is 6.54 Å². The molecule has 0 heterocycles. The lowest BCUT2D eigenvalue weighted by Crippen LogP contribution is -2.28. The highest BCUT2D eigenvalue weighted by atomic mass is 16.3. The highest BCUT2D eigenvalue weighted by Gasteiger charge is 2.09. The van der Waals surface area contributed by atoms with Gasteiger partial charge in [0.2, 0.25) is 0 Å². The summed E-state index contributed by atoms with van der Waals surface area (Å²) in [6.45, 7) is 9.08. The van der Waals surface area contributed by atoms with Crippen LogP contribution in [0, 0.1) is 20.8 Å². The minimum atomic E-state index is 0.162. The average Bonchev–Trinajstić information content (AvgIpc) is 2.30. The standard InChI is InChI=1S/C15H25NO2/c1-12-9-13(2)15(14(3)10-12)11-16(6-8-18)5-4-7-17/h9-10,17-18H,4-8,11H2,1-3H3. The van der Waals surface area contributed by atoms with Crippen LogP contribution < -0.4 is 0 Å². The summed E-state index contributed by atoms with van der Waals surface area (Å²) in [6, 6.07) is 4.40. The molecule has 0 aliphatic heterocycles. The van der Waals surface area contributed by atoms with Crippen molar-refractivity contribution in [1.82, 2.24) is 4.90 Å². The first kappa shape index (κ1) is 15.2. The summed E-state index contributed by atoms with van der Waals surface area (Å²) >= 11 is 0. The molecule has 102 valence electrons. The van der Waals surface area contributed by atoms with Crippen molar-refractivity contribution in [3.8, 4) is 0 Å². The van der Waals surface area contributed by atoms with Gasteiger partial charge in [-0.15, -0.1) is 0 Å². The monoisotopic (exact) mass is 251 g/mol. The minimum Gasteiger partial charge on any atom is -0.396 e. The third-order valence-corrected chi connectivity index (χ3v) is 3.27. The van der Waals surface area contributed by atoms with Crippen LogP contribution in [0.1, 0.15) is 28.7 Å². The van der Waals surface area contributed by atoms with E-state index in [-0.39, 0.29) is 13.2 Å². The molecule has 0 aliphatic rings. The summed E-state index contributed by atoms with van der Waals surface area (Å²) in [5.41, 5.74) is 5.24. The number of aliphatic hydroxyl groups is 2. The van der Waals surface area contributed by atoms with Gasteiger partial charge in [-0.3, -0.25) is 4.90 Å². The summed E-state index contributed by atoms with van der Waals surface area (Å²) in [7, 11) is 0. The fourth-order valence-corrected chi connectivity index (χ4v) is 2.39. The van der Waals surface area contributed by atoms with Crippen LogP contribution in [0.15, 0.2) is 12.1 Å². The molecule has 0 radical (unpaired) electrons. The Hall–Kier alpha value is -0.900. The zero-order chi connectivity index (χ0) is 13.5. The fourth-order valence-electron chi connectivity index (χ4n) is 2.39. The fraction of sp³-hybridized carbons (Fsp3) is 0.600. The number of aliphatic hydroxyl groups excluding tert-OH is 2. The molecule has 0 fully saturated rings. The van der Waals surface area contributed by atoms with Crippen LogP contribution in [0.4, 0.5) is 0 Å². The van der Waals surface area contributed by atoms with E-state index < -0.39 is 0 Å². The second-order valence-electron chi connectivity index (χ2n) is 4.95. The molecule has 18 heavy (non-hydrogen) atoms. The molecule has 0 bridgehead atoms. The quantitative estimate of drug-likeness (QED) is 0.776. The molecule has 0 spiro atoms. The third-order valence-electron chi connectivity index (χ3n) is 3.27. The third kappa shape index (κ3) is 4.41. The maximum absolute atomic E-state index is 9.09. The molecule has 1 aromatic carbocycles. The molecule has 1 rings (SSSR count). The van der Waals surface area contributed by atoms with Gasteiger partial charge in [-0.2, -0.15) is 0 Å². The number of aryl methyl sites for hydroxylation is 3. The Kier molecular flexibility index (Phi) is 6.33. The average molecular weight is 251 g/mol. The molecule has 0 aliphatic carbocycles.